The van der Waals surface area contributed by atoms with E-state index in [1.54, 1.807) is 46.8 Å². The molecule has 23 nitrogen and oxygen atoms in total. The number of allylic oxidation sites excluding steroid dienone is 1. The number of aliphatic hydroxyl groups is 1. The van der Waals surface area contributed by atoms with E-state index < -0.39 is 150 Å². The van der Waals surface area contributed by atoms with Crippen molar-refractivity contribution in [3.8, 4) is 0 Å². The molecule has 1 heterocycles. The Morgan fingerprint density at radius 2 is 0.812 bits per heavy atom. The van der Waals surface area contributed by atoms with Gasteiger partial charge in [-0.25, -0.2) is 0 Å². The zero-order valence-corrected chi connectivity index (χ0v) is 56.1. The molecule has 0 aliphatic carbocycles. The third kappa shape index (κ3) is 22.0. The van der Waals surface area contributed by atoms with Crippen LogP contribution in [0.4, 0.5) is 0 Å². The molecule has 1 rings (SSSR count). The van der Waals surface area contributed by atoms with Crippen molar-refractivity contribution < 1.29 is 57.8 Å². The fraction of sp³-hybridized carbons (Fsp3) is 0.790. The quantitative estimate of drug-likeness (QED) is 0.148. The van der Waals surface area contributed by atoms with Crippen molar-refractivity contribution in [3.63, 3.8) is 0 Å². The van der Waals surface area contributed by atoms with Crippen LogP contribution in [0.2, 0.25) is 0 Å². The lowest BCUT2D eigenvalue weighted by molar-refractivity contribution is -0.156. The van der Waals surface area contributed by atoms with Gasteiger partial charge in [-0.05, 0) is 94.8 Å². The lowest BCUT2D eigenvalue weighted by Gasteiger charge is -2.41. The van der Waals surface area contributed by atoms with Gasteiger partial charge in [0.2, 0.25) is 65.0 Å². The van der Waals surface area contributed by atoms with Crippen molar-refractivity contribution in [2.75, 3.05) is 55.9 Å². The SMILES string of the molecule is C/C=C\[C@@H](C)C(O)C1C(=O)N[C@@H](CC)C(=O)N(C)CC(=O)N(C)[C@@H](CC(C)C)C(=O)N[C@@H](C(C)C)C(=O)N(C)[C@H](CC(C)C)C(=O)N[C@H](C)C(=O)N[C@H](C)C(=O)N(C)[C@@H](CC(C)C)C(=O)N(C)[C@@H](CC(C)C)C(=O)N(C)[C@@H](CC(C)C)C(=O)N1C. The van der Waals surface area contributed by atoms with Crippen LogP contribution in [0.15, 0.2) is 12.2 Å². The van der Waals surface area contributed by atoms with E-state index in [0.717, 1.165) is 9.80 Å². The van der Waals surface area contributed by atoms with Crippen LogP contribution in [-0.2, 0) is 52.7 Å². The van der Waals surface area contributed by atoms with Crippen molar-refractivity contribution in [2.45, 2.75) is 223 Å². The van der Waals surface area contributed by atoms with Crippen molar-refractivity contribution in [2.24, 2.45) is 41.4 Å². The minimum absolute atomic E-state index is 0.0205. The van der Waals surface area contributed by atoms with Gasteiger partial charge in [0.1, 0.15) is 60.4 Å². The average molecular weight is 1200 g/mol. The van der Waals surface area contributed by atoms with Crippen LogP contribution in [0.1, 0.15) is 156 Å². The van der Waals surface area contributed by atoms with E-state index in [-0.39, 0.29) is 68.1 Å². The largest absolute Gasteiger partial charge is 0.390 e. The van der Waals surface area contributed by atoms with Gasteiger partial charge in [-0.2, -0.15) is 0 Å². The molecule has 486 valence electrons. The van der Waals surface area contributed by atoms with E-state index in [0.29, 0.717) is 0 Å². The first-order chi connectivity index (χ1) is 39.2. The summed E-state index contributed by atoms with van der Waals surface area (Å²) in [5.41, 5.74) is 0. The van der Waals surface area contributed by atoms with Gasteiger partial charge in [-0.15, -0.1) is 0 Å². The van der Waals surface area contributed by atoms with Gasteiger partial charge in [0.15, 0.2) is 0 Å². The molecule has 0 bridgehead atoms. The molecule has 5 N–H and O–H groups in total. The summed E-state index contributed by atoms with van der Waals surface area (Å²) in [6, 6.07) is -12.3. The lowest BCUT2D eigenvalue weighted by Crippen LogP contribution is -2.63. The topological polar surface area (TPSA) is 279 Å². The van der Waals surface area contributed by atoms with Gasteiger partial charge < -0.3 is 60.7 Å². The second-order valence-corrected chi connectivity index (χ2v) is 26.2. The van der Waals surface area contributed by atoms with Crippen LogP contribution in [0.3, 0.4) is 0 Å². The lowest BCUT2D eigenvalue weighted by atomic mass is 9.93. The summed E-state index contributed by atoms with van der Waals surface area (Å²) in [7, 11) is 9.93. The third-order valence-electron chi connectivity index (χ3n) is 15.9. The molecule has 0 aromatic carbocycles. The maximum Gasteiger partial charge on any atom is 0.246 e. The fourth-order valence-corrected chi connectivity index (χ4v) is 10.6. The Morgan fingerprint density at radius 1 is 0.447 bits per heavy atom. The van der Waals surface area contributed by atoms with Crippen LogP contribution in [-0.4, -0.2) is 227 Å². The molecule has 11 amide bonds. The second kappa shape index (κ2) is 34.9. The molecular weight excluding hydrogens is 1090 g/mol. The number of amides is 11. The molecule has 0 radical (unpaired) electrons. The van der Waals surface area contributed by atoms with Crippen molar-refractivity contribution >= 4 is 65.0 Å². The molecule has 0 aromatic rings. The highest BCUT2D eigenvalue weighted by molar-refractivity contribution is 5.99. The summed E-state index contributed by atoms with van der Waals surface area (Å²) in [6.45, 7) is 29.5. The summed E-state index contributed by atoms with van der Waals surface area (Å²) in [4.78, 5) is 169. The van der Waals surface area contributed by atoms with Crippen molar-refractivity contribution in [3.05, 3.63) is 12.2 Å². The van der Waals surface area contributed by atoms with E-state index in [1.165, 1.54) is 87.7 Å². The normalized spacial score (nSPS) is 26.9. The number of likely N-dealkylation sites (N-methyl/N-ethyl adjacent to an activating group) is 7. The Balaban J connectivity index is 4.33. The zero-order valence-electron chi connectivity index (χ0n) is 56.1. The van der Waals surface area contributed by atoms with Crippen LogP contribution in [0, 0.1) is 41.4 Å². The highest BCUT2D eigenvalue weighted by atomic mass is 16.3. The standard InChI is InChI=1S/C62H111N11O12/c1-25-27-40(15)52(75)51-56(79)65-43(26-2)58(81)67(18)33-49(74)68(19)44(28-34(3)4)55(78)66-50(39(13)14)62(85)69(20)45(29-35(5)6)54(77)63-41(16)53(76)64-42(17)57(80)70(21)46(30-36(7)8)59(82)71(22)47(31-37(9)10)60(83)72(23)48(32-38(11)12)61(84)73(51)24/h25,27,34-48,50-52,75H,26,28-33H2,1-24H3,(H,63,77)(H,64,76)(H,65,79)(H,66,78)/b27-25-/t40-,41-,42-,43+,44+,45-,46+,47+,48+,50+,51?,52?/m1/s1. The Kier molecular flexibility index (Phi) is 31.5. The summed E-state index contributed by atoms with van der Waals surface area (Å²) in [5, 5.41) is 23.0. The zero-order chi connectivity index (χ0) is 66.0. The number of carbonyl (C=O) groups is 11. The monoisotopic (exact) mass is 1200 g/mol. The van der Waals surface area contributed by atoms with E-state index >= 15 is 9.59 Å². The van der Waals surface area contributed by atoms with Gasteiger partial charge in [0.25, 0.3) is 0 Å². The highest BCUT2D eigenvalue weighted by Crippen LogP contribution is 2.25. The maximum absolute atomic E-state index is 15.2. The molecule has 2 unspecified atom stereocenters. The van der Waals surface area contributed by atoms with Crippen LogP contribution >= 0.6 is 0 Å². The molecule has 1 saturated heterocycles. The molecule has 12 atom stereocenters. The third-order valence-corrected chi connectivity index (χ3v) is 15.9. The molecule has 23 heteroatoms. The number of hydrogen-bond donors (Lipinski definition) is 5. The first-order valence-electron chi connectivity index (χ1n) is 30.6. The molecule has 1 aliphatic heterocycles. The van der Waals surface area contributed by atoms with Crippen molar-refractivity contribution in [1.82, 2.24) is 55.6 Å². The first kappa shape index (κ1) is 76.9. The van der Waals surface area contributed by atoms with Gasteiger partial charge in [0.05, 0.1) is 12.6 Å². The summed E-state index contributed by atoms with van der Waals surface area (Å²) < 4.78 is 0. The first-order valence-corrected chi connectivity index (χ1v) is 30.6. The average Bonchev–Trinajstić information content (AvgIpc) is 3.55. The maximum atomic E-state index is 15.2. The van der Waals surface area contributed by atoms with Crippen LogP contribution < -0.4 is 21.3 Å². The Labute approximate surface area is 508 Å². The van der Waals surface area contributed by atoms with Gasteiger partial charge >= 0.3 is 0 Å². The molecule has 1 aliphatic rings. The predicted molar refractivity (Wildman–Crippen MR) is 328 cm³/mol. The fourth-order valence-electron chi connectivity index (χ4n) is 10.6. The van der Waals surface area contributed by atoms with Gasteiger partial charge in [-0.3, -0.25) is 52.7 Å². The summed E-state index contributed by atoms with van der Waals surface area (Å²) in [5.74, 6) is -9.41. The van der Waals surface area contributed by atoms with E-state index in [2.05, 4.69) is 21.3 Å². The number of carbonyl (C=O) groups excluding carboxylic acids is 11. The van der Waals surface area contributed by atoms with Crippen molar-refractivity contribution in [1.29, 1.82) is 0 Å². The van der Waals surface area contributed by atoms with E-state index in [4.69, 9.17) is 0 Å². The highest BCUT2D eigenvalue weighted by Gasteiger charge is 2.45. The number of aliphatic hydroxyl groups excluding tert-OH is 1. The molecule has 85 heavy (non-hydrogen) atoms. The number of rotatable bonds is 15. The van der Waals surface area contributed by atoms with Crippen LogP contribution in [0.5, 0.6) is 0 Å². The minimum Gasteiger partial charge on any atom is -0.390 e. The Morgan fingerprint density at radius 3 is 1.21 bits per heavy atom. The van der Waals surface area contributed by atoms with E-state index in [9.17, 15) is 48.3 Å². The number of nitrogens with one attached hydrogen (secondary N) is 4. The Bertz CT molecular complexity index is 2330. The minimum atomic E-state index is -1.62. The number of nitrogens with zero attached hydrogens (tertiary/aromatic N) is 7. The second-order valence-electron chi connectivity index (χ2n) is 26.2. The van der Waals surface area contributed by atoms with Crippen LogP contribution in [0.25, 0.3) is 0 Å². The molecular formula is C62H111N11O12. The number of hydrogen-bond acceptors (Lipinski definition) is 12. The molecule has 1 fully saturated rings. The summed E-state index contributed by atoms with van der Waals surface area (Å²) in [6.07, 6.45) is 2.55. The smallest absolute Gasteiger partial charge is 0.246 e. The van der Waals surface area contributed by atoms with E-state index in [1.807, 2.05) is 69.2 Å². The molecule has 0 aromatic heterocycles. The van der Waals surface area contributed by atoms with Gasteiger partial charge in [-0.1, -0.05) is 109 Å². The summed E-state index contributed by atoms with van der Waals surface area (Å²) >= 11 is 0. The molecule has 0 saturated carbocycles. The Hall–Kier alpha value is -6.13. The molecule has 0 spiro atoms. The predicted octanol–water partition coefficient (Wildman–Crippen LogP) is 3.27. The van der Waals surface area contributed by atoms with Gasteiger partial charge in [0, 0.05) is 55.3 Å².